The zero-order valence-corrected chi connectivity index (χ0v) is 29.4. The summed E-state index contributed by atoms with van der Waals surface area (Å²) in [4.78, 5) is 19.5. The molecule has 0 bridgehead atoms. The van der Waals surface area contributed by atoms with Crippen LogP contribution in [-0.2, 0) is 13.1 Å². The van der Waals surface area contributed by atoms with Crippen molar-refractivity contribution in [3.05, 3.63) is 104 Å². The number of hydrogen-bond donors (Lipinski definition) is 6. The quantitative estimate of drug-likeness (QED) is 0.0552. The predicted molar refractivity (Wildman–Crippen MR) is 199 cm³/mol. The fourth-order valence-electron chi connectivity index (χ4n) is 5.21. The van der Waals surface area contributed by atoms with E-state index in [1.54, 1.807) is 12.4 Å². The van der Waals surface area contributed by atoms with Crippen molar-refractivity contribution in [2.75, 3.05) is 38.0 Å². The number of hydrogen-bond acceptors (Lipinski definition) is 10. The fourth-order valence-corrected chi connectivity index (χ4v) is 6.26. The third-order valence-corrected chi connectivity index (χ3v) is 8.55. The number of para-hydroxylation sites is 4. The minimum Gasteiger partial charge on any atom is -0.507 e. The largest absolute Gasteiger partial charge is 0.507 e. The summed E-state index contributed by atoms with van der Waals surface area (Å²) in [7, 11) is 4.01. The van der Waals surface area contributed by atoms with Crippen molar-refractivity contribution in [2.45, 2.75) is 13.1 Å². The van der Waals surface area contributed by atoms with Crippen LogP contribution in [0.1, 0.15) is 22.3 Å². The van der Waals surface area contributed by atoms with Gasteiger partial charge in [-0.15, -0.1) is 0 Å². The molecular weight excluding hydrogens is 740 g/mol. The van der Waals surface area contributed by atoms with Crippen molar-refractivity contribution >= 4 is 78.3 Å². The van der Waals surface area contributed by atoms with Gasteiger partial charge in [0.15, 0.2) is 0 Å². The molecule has 48 heavy (non-hydrogen) atoms. The van der Waals surface area contributed by atoms with Crippen LogP contribution in [0.2, 0.25) is 0 Å². The highest BCUT2D eigenvalue weighted by Crippen LogP contribution is 2.29. The predicted octanol–water partition coefficient (Wildman–Crippen LogP) is 6.83. The molecule has 0 spiro atoms. The monoisotopic (exact) mass is 772 g/mol. The lowest BCUT2D eigenvalue weighted by molar-refractivity contribution is 0.243. The van der Waals surface area contributed by atoms with Gasteiger partial charge in [-0.25, -0.2) is 20.8 Å². The van der Waals surface area contributed by atoms with Crippen molar-refractivity contribution in [3.8, 4) is 11.5 Å². The van der Waals surface area contributed by atoms with Gasteiger partial charge in [-0.1, -0.05) is 56.1 Å². The Morgan fingerprint density at radius 2 is 1.10 bits per heavy atom. The number of phenols is 2. The van der Waals surface area contributed by atoms with E-state index in [1.807, 2.05) is 86.9 Å². The van der Waals surface area contributed by atoms with Crippen LogP contribution in [0.25, 0.3) is 22.1 Å². The zero-order valence-electron chi connectivity index (χ0n) is 26.2. The van der Waals surface area contributed by atoms with Gasteiger partial charge in [0.25, 0.3) is 0 Å². The van der Waals surface area contributed by atoms with Gasteiger partial charge in [-0.05, 0) is 62.6 Å². The van der Waals surface area contributed by atoms with E-state index in [9.17, 15) is 10.2 Å². The molecule has 246 valence electrons. The third kappa shape index (κ3) is 8.20. The van der Waals surface area contributed by atoms with Crippen molar-refractivity contribution in [3.63, 3.8) is 0 Å². The molecule has 0 fully saturated rings. The zero-order chi connectivity index (χ0) is 33.6. The number of rotatable bonds is 13. The Kier molecular flexibility index (Phi) is 10.3. The Balaban J connectivity index is 1.03. The molecule has 6 aromatic rings. The number of nitrogens with zero attached hydrogens (tertiary/aromatic N) is 6. The lowest BCUT2D eigenvalue weighted by Crippen LogP contribution is -2.30. The van der Waals surface area contributed by atoms with Gasteiger partial charge in [0, 0.05) is 57.4 Å². The van der Waals surface area contributed by atoms with Gasteiger partial charge in [-0.3, -0.25) is 0 Å². The normalized spacial score (nSPS) is 12.0. The van der Waals surface area contributed by atoms with Gasteiger partial charge in [0.05, 0.1) is 34.5 Å². The van der Waals surface area contributed by atoms with Crippen LogP contribution >= 0.6 is 31.9 Å². The molecule has 0 unspecified atom stereocenters. The molecule has 2 heterocycles. The first-order valence-corrected chi connectivity index (χ1v) is 16.7. The van der Waals surface area contributed by atoms with Crippen LogP contribution in [0.4, 0.5) is 11.9 Å². The van der Waals surface area contributed by atoms with E-state index < -0.39 is 0 Å². The lowest BCUT2D eigenvalue weighted by Gasteiger charge is -2.23. The van der Waals surface area contributed by atoms with Gasteiger partial charge < -0.3 is 30.0 Å². The van der Waals surface area contributed by atoms with E-state index >= 15 is 0 Å². The number of aromatic hydroxyl groups is 2. The van der Waals surface area contributed by atoms with Gasteiger partial charge in [0.2, 0.25) is 11.9 Å². The van der Waals surface area contributed by atoms with Crippen molar-refractivity contribution in [1.82, 2.24) is 29.7 Å². The fraction of sp³-hybridized carbons (Fsp3) is 0.176. The molecule has 4 aromatic carbocycles. The topological polar surface area (TPSA) is 153 Å². The summed E-state index contributed by atoms with van der Waals surface area (Å²) >= 11 is 7.13. The van der Waals surface area contributed by atoms with E-state index in [4.69, 9.17) is 0 Å². The summed E-state index contributed by atoms with van der Waals surface area (Å²) in [5.41, 5.74) is 12.0. The first-order valence-electron chi connectivity index (χ1n) is 15.1. The van der Waals surface area contributed by atoms with Gasteiger partial charge in [-0.2, -0.15) is 10.2 Å². The van der Waals surface area contributed by atoms with Crippen LogP contribution in [0.3, 0.4) is 0 Å². The first-order chi connectivity index (χ1) is 23.2. The maximum absolute atomic E-state index is 11.0. The smallest absolute Gasteiger partial charge is 0.222 e. The van der Waals surface area contributed by atoms with Crippen LogP contribution in [0.15, 0.2) is 91.9 Å². The molecule has 0 radical (unpaired) electrons. The van der Waals surface area contributed by atoms with E-state index in [0.29, 0.717) is 36.1 Å². The maximum Gasteiger partial charge on any atom is 0.222 e. The molecular formula is C34H34Br2N10O2. The van der Waals surface area contributed by atoms with Gasteiger partial charge in [0.1, 0.15) is 11.5 Å². The highest BCUT2D eigenvalue weighted by molar-refractivity contribution is 9.10. The SMILES string of the molecule is CN(CCN(C)Cc1cc(Br)cc(/C=N/Nc2nc3ccccc3[nH]2)c1O)Cc1cc(Br)cc(/C=N/Nc2nc3ccccc3[nH]2)c1O. The second-order valence-corrected chi connectivity index (χ2v) is 13.3. The number of aromatic amines is 2. The summed E-state index contributed by atoms with van der Waals surface area (Å²) in [5.74, 6) is 1.36. The van der Waals surface area contributed by atoms with E-state index in [0.717, 1.165) is 55.2 Å². The number of aromatic nitrogens is 4. The first kappa shape index (κ1) is 33.2. The van der Waals surface area contributed by atoms with Crippen molar-refractivity contribution < 1.29 is 10.2 Å². The maximum atomic E-state index is 11.0. The summed E-state index contributed by atoms with van der Waals surface area (Å²) in [5, 5.41) is 30.6. The van der Waals surface area contributed by atoms with Crippen LogP contribution < -0.4 is 10.9 Å². The number of fused-ring (bicyclic) bond motifs is 2. The minimum absolute atomic E-state index is 0.164. The average Bonchev–Trinajstić information content (AvgIpc) is 3.67. The molecule has 12 nitrogen and oxygen atoms in total. The number of benzene rings is 4. The number of imidazole rings is 2. The Morgan fingerprint density at radius 3 is 1.52 bits per heavy atom. The Morgan fingerprint density at radius 1 is 0.688 bits per heavy atom. The molecule has 6 rings (SSSR count). The lowest BCUT2D eigenvalue weighted by atomic mass is 10.1. The molecule has 0 aliphatic carbocycles. The molecule has 14 heteroatoms. The third-order valence-electron chi connectivity index (χ3n) is 7.64. The van der Waals surface area contributed by atoms with E-state index in [1.165, 1.54) is 0 Å². The highest BCUT2D eigenvalue weighted by atomic mass is 79.9. The molecule has 0 saturated heterocycles. The minimum atomic E-state index is 0.164. The number of anilines is 2. The molecule has 0 atom stereocenters. The number of likely N-dealkylation sites (N-methyl/N-ethyl adjacent to an activating group) is 2. The number of H-pyrrole nitrogens is 2. The summed E-state index contributed by atoms with van der Waals surface area (Å²) in [6.07, 6.45) is 3.14. The summed E-state index contributed by atoms with van der Waals surface area (Å²) in [6.45, 7) is 2.50. The second-order valence-electron chi connectivity index (χ2n) is 11.4. The number of nitrogens with one attached hydrogen (secondary N) is 4. The number of phenolic OH excluding ortho intramolecular Hbond substituents is 2. The Labute approximate surface area is 293 Å². The summed E-state index contributed by atoms with van der Waals surface area (Å²) in [6, 6.07) is 22.9. The van der Waals surface area contributed by atoms with Crippen LogP contribution in [-0.4, -0.2) is 79.6 Å². The average molecular weight is 775 g/mol. The van der Waals surface area contributed by atoms with E-state index in [-0.39, 0.29) is 11.5 Å². The Hall–Kier alpha value is -4.76. The second kappa shape index (κ2) is 15.0. The molecule has 0 aliphatic heterocycles. The van der Waals surface area contributed by atoms with Crippen LogP contribution in [0.5, 0.6) is 11.5 Å². The molecule has 0 aliphatic rings. The molecule has 0 saturated carbocycles. The standard InChI is InChI=1S/C34H34Br2N10O2/c1-45(19-23-15-25(35)13-21(31(23)47)17-37-43-33-39-27-7-3-4-8-28(27)40-33)11-12-46(2)20-24-16-26(36)14-22(32(24)48)18-38-44-34-41-29-9-5-6-10-30(29)42-34/h3-10,13-18,47-48H,11-12,19-20H2,1-2H3,(H2,39,40,43)(H2,41,42,44)/b37-17+,38-18+. The van der Waals surface area contributed by atoms with Crippen LogP contribution in [0, 0.1) is 0 Å². The highest BCUT2D eigenvalue weighted by Gasteiger charge is 2.14. The Bertz CT molecular complexity index is 1890. The van der Waals surface area contributed by atoms with Crippen molar-refractivity contribution in [2.24, 2.45) is 10.2 Å². The number of hydrazone groups is 2. The summed E-state index contributed by atoms with van der Waals surface area (Å²) < 4.78 is 1.67. The van der Waals surface area contributed by atoms with Crippen molar-refractivity contribution in [1.29, 1.82) is 0 Å². The number of halogens is 2. The van der Waals surface area contributed by atoms with Gasteiger partial charge >= 0.3 is 0 Å². The molecule has 6 N–H and O–H groups in total. The molecule has 2 aromatic heterocycles. The van der Waals surface area contributed by atoms with E-state index in [2.05, 4.69) is 82.7 Å². The molecule has 0 amide bonds.